The van der Waals surface area contributed by atoms with E-state index in [0.717, 1.165) is 16.7 Å². The minimum Gasteiger partial charge on any atom is -0.478 e. The minimum atomic E-state index is -0.944. The van der Waals surface area contributed by atoms with E-state index in [9.17, 15) is 9.90 Å². The molecule has 0 fully saturated rings. The highest BCUT2D eigenvalue weighted by atomic mass is 16.4. The molecule has 22 heavy (non-hydrogen) atoms. The minimum absolute atomic E-state index is 0.255. The Hall–Kier alpha value is -2.94. The van der Waals surface area contributed by atoms with Crippen LogP contribution < -0.4 is 0 Å². The van der Waals surface area contributed by atoms with Gasteiger partial charge in [-0.25, -0.2) is 4.79 Å². The third kappa shape index (κ3) is 2.88. The van der Waals surface area contributed by atoms with E-state index >= 15 is 0 Å². The molecule has 1 aromatic heterocycles. The summed E-state index contributed by atoms with van der Waals surface area (Å²) >= 11 is 0. The summed E-state index contributed by atoms with van der Waals surface area (Å²) in [5.74, 6) is -0.944. The standard InChI is InChI=1S/C19H15NO2/c21-19(22)17-11-6-12-20-18(17)13-15-9-4-5-10-16(15)14-7-2-1-3-8-14/h1-12H,13H2,(H,21,22). The highest BCUT2D eigenvalue weighted by molar-refractivity contribution is 5.89. The molecule has 0 radical (unpaired) electrons. The van der Waals surface area contributed by atoms with Gasteiger partial charge in [0.1, 0.15) is 0 Å². The number of rotatable bonds is 4. The molecule has 0 aliphatic carbocycles. The van der Waals surface area contributed by atoms with Gasteiger partial charge in [-0.1, -0.05) is 54.6 Å². The van der Waals surface area contributed by atoms with Gasteiger partial charge in [0.15, 0.2) is 0 Å². The molecule has 0 atom stereocenters. The Labute approximate surface area is 128 Å². The zero-order chi connectivity index (χ0) is 15.4. The molecule has 0 bridgehead atoms. The monoisotopic (exact) mass is 289 g/mol. The van der Waals surface area contributed by atoms with Crippen molar-refractivity contribution in [2.75, 3.05) is 0 Å². The zero-order valence-corrected chi connectivity index (χ0v) is 11.9. The van der Waals surface area contributed by atoms with Crippen molar-refractivity contribution in [3.05, 3.63) is 89.7 Å². The fourth-order valence-corrected chi connectivity index (χ4v) is 2.53. The average molecular weight is 289 g/mol. The van der Waals surface area contributed by atoms with Gasteiger partial charge in [0, 0.05) is 12.6 Å². The molecule has 3 nitrogen and oxygen atoms in total. The number of aromatic nitrogens is 1. The molecule has 1 heterocycles. The van der Waals surface area contributed by atoms with Crippen molar-refractivity contribution < 1.29 is 9.90 Å². The lowest BCUT2D eigenvalue weighted by molar-refractivity contribution is 0.0695. The Balaban J connectivity index is 2.03. The molecule has 2 aromatic carbocycles. The van der Waals surface area contributed by atoms with Crippen molar-refractivity contribution >= 4 is 5.97 Å². The largest absolute Gasteiger partial charge is 0.478 e. The van der Waals surface area contributed by atoms with E-state index in [0.29, 0.717) is 12.1 Å². The summed E-state index contributed by atoms with van der Waals surface area (Å²) in [5, 5.41) is 9.29. The highest BCUT2D eigenvalue weighted by Crippen LogP contribution is 2.25. The Bertz CT molecular complexity index is 797. The van der Waals surface area contributed by atoms with Crippen molar-refractivity contribution in [3.63, 3.8) is 0 Å². The summed E-state index contributed by atoms with van der Waals surface area (Å²) in [7, 11) is 0. The smallest absolute Gasteiger partial charge is 0.337 e. The van der Waals surface area contributed by atoms with E-state index in [1.165, 1.54) is 0 Å². The summed E-state index contributed by atoms with van der Waals surface area (Å²) in [4.78, 5) is 15.6. The van der Waals surface area contributed by atoms with E-state index in [-0.39, 0.29) is 5.56 Å². The van der Waals surface area contributed by atoms with E-state index in [2.05, 4.69) is 17.1 Å². The van der Waals surface area contributed by atoms with Crippen LogP contribution in [0.1, 0.15) is 21.6 Å². The Kier molecular flexibility index (Phi) is 3.97. The lowest BCUT2D eigenvalue weighted by Gasteiger charge is -2.11. The number of nitrogens with zero attached hydrogens (tertiary/aromatic N) is 1. The summed E-state index contributed by atoms with van der Waals surface area (Å²) in [6, 6.07) is 21.3. The maximum absolute atomic E-state index is 11.3. The van der Waals surface area contributed by atoms with E-state index in [4.69, 9.17) is 0 Å². The first-order chi connectivity index (χ1) is 10.8. The van der Waals surface area contributed by atoms with Gasteiger partial charge in [-0.15, -0.1) is 0 Å². The number of carboxylic acids is 1. The van der Waals surface area contributed by atoms with Crippen LogP contribution in [-0.2, 0) is 6.42 Å². The Morgan fingerprint density at radius 1 is 0.909 bits per heavy atom. The molecule has 0 saturated carbocycles. The molecule has 108 valence electrons. The van der Waals surface area contributed by atoms with Gasteiger partial charge in [0.05, 0.1) is 11.3 Å². The molecule has 0 spiro atoms. The second-order valence-corrected chi connectivity index (χ2v) is 5.00. The van der Waals surface area contributed by atoms with Crippen LogP contribution in [0, 0.1) is 0 Å². The van der Waals surface area contributed by atoms with Crippen LogP contribution in [0.5, 0.6) is 0 Å². The van der Waals surface area contributed by atoms with Crippen LogP contribution in [0.15, 0.2) is 72.9 Å². The highest BCUT2D eigenvalue weighted by Gasteiger charge is 2.13. The molecule has 1 N–H and O–H groups in total. The van der Waals surface area contributed by atoms with Gasteiger partial charge in [-0.05, 0) is 28.8 Å². The molecule has 3 aromatic rings. The van der Waals surface area contributed by atoms with Crippen LogP contribution in [0.4, 0.5) is 0 Å². The van der Waals surface area contributed by atoms with Gasteiger partial charge >= 0.3 is 5.97 Å². The maximum Gasteiger partial charge on any atom is 0.337 e. The second kappa shape index (κ2) is 6.22. The molecule has 0 amide bonds. The first-order valence-electron chi connectivity index (χ1n) is 7.06. The number of benzene rings is 2. The van der Waals surface area contributed by atoms with Gasteiger partial charge < -0.3 is 5.11 Å². The third-order valence-corrected chi connectivity index (χ3v) is 3.58. The van der Waals surface area contributed by atoms with Crippen LogP contribution in [0.2, 0.25) is 0 Å². The SMILES string of the molecule is O=C(O)c1cccnc1Cc1ccccc1-c1ccccc1. The lowest BCUT2D eigenvalue weighted by Crippen LogP contribution is -2.05. The average Bonchev–Trinajstić information content (AvgIpc) is 2.56. The quantitative estimate of drug-likeness (QED) is 0.788. The van der Waals surface area contributed by atoms with E-state index in [1.807, 2.05) is 42.5 Å². The third-order valence-electron chi connectivity index (χ3n) is 3.58. The number of aromatic carboxylic acids is 1. The molecule has 3 heteroatoms. The van der Waals surface area contributed by atoms with Gasteiger partial charge in [-0.2, -0.15) is 0 Å². The summed E-state index contributed by atoms with van der Waals surface area (Å²) in [6.45, 7) is 0. The lowest BCUT2D eigenvalue weighted by atomic mass is 9.95. The number of hydrogen-bond acceptors (Lipinski definition) is 2. The summed E-state index contributed by atoms with van der Waals surface area (Å²) < 4.78 is 0. The van der Waals surface area contributed by atoms with Crippen molar-refractivity contribution in [1.82, 2.24) is 4.98 Å². The molecular weight excluding hydrogens is 274 g/mol. The van der Waals surface area contributed by atoms with Crippen LogP contribution >= 0.6 is 0 Å². The van der Waals surface area contributed by atoms with Gasteiger partial charge in [0.25, 0.3) is 0 Å². The molecule has 0 unspecified atom stereocenters. The number of hydrogen-bond donors (Lipinski definition) is 1. The van der Waals surface area contributed by atoms with Crippen molar-refractivity contribution in [1.29, 1.82) is 0 Å². The summed E-state index contributed by atoms with van der Waals surface area (Å²) in [5.41, 5.74) is 4.12. The number of carboxylic acid groups (broad SMARTS) is 1. The Morgan fingerprint density at radius 2 is 1.64 bits per heavy atom. The number of pyridine rings is 1. The fourth-order valence-electron chi connectivity index (χ4n) is 2.53. The van der Waals surface area contributed by atoms with Crippen LogP contribution in [-0.4, -0.2) is 16.1 Å². The van der Waals surface area contributed by atoms with Crippen molar-refractivity contribution in [3.8, 4) is 11.1 Å². The van der Waals surface area contributed by atoms with Crippen LogP contribution in [0.25, 0.3) is 11.1 Å². The first-order valence-corrected chi connectivity index (χ1v) is 7.06. The number of carbonyl (C=O) groups is 1. The molecule has 0 aliphatic heterocycles. The predicted octanol–water partition coefficient (Wildman–Crippen LogP) is 4.04. The molecular formula is C19H15NO2. The predicted molar refractivity (Wildman–Crippen MR) is 85.9 cm³/mol. The molecule has 0 aliphatic rings. The van der Waals surface area contributed by atoms with Crippen LogP contribution in [0.3, 0.4) is 0 Å². The van der Waals surface area contributed by atoms with E-state index in [1.54, 1.807) is 18.3 Å². The topological polar surface area (TPSA) is 50.2 Å². The Morgan fingerprint density at radius 3 is 2.41 bits per heavy atom. The zero-order valence-electron chi connectivity index (χ0n) is 11.9. The molecule has 3 rings (SSSR count). The van der Waals surface area contributed by atoms with Crippen molar-refractivity contribution in [2.45, 2.75) is 6.42 Å². The van der Waals surface area contributed by atoms with Gasteiger partial charge in [-0.3, -0.25) is 4.98 Å². The van der Waals surface area contributed by atoms with Gasteiger partial charge in [0.2, 0.25) is 0 Å². The first kappa shape index (κ1) is 14.0. The normalized spacial score (nSPS) is 10.4. The molecule has 0 saturated heterocycles. The fraction of sp³-hybridized carbons (Fsp3) is 0.0526. The maximum atomic E-state index is 11.3. The van der Waals surface area contributed by atoms with E-state index < -0.39 is 5.97 Å². The summed E-state index contributed by atoms with van der Waals surface area (Å²) in [6.07, 6.45) is 2.13. The second-order valence-electron chi connectivity index (χ2n) is 5.00. The van der Waals surface area contributed by atoms with Crippen molar-refractivity contribution in [2.24, 2.45) is 0 Å².